The van der Waals surface area contributed by atoms with Gasteiger partial charge in [0.25, 0.3) is 0 Å². The van der Waals surface area contributed by atoms with Gasteiger partial charge in [0.15, 0.2) is 0 Å². The zero-order chi connectivity index (χ0) is 14.0. The van der Waals surface area contributed by atoms with Crippen LogP contribution in [0.2, 0.25) is 0 Å². The Labute approximate surface area is 114 Å². The first-order valence-corrected chi connectivity index (χ1v) is 6.83. The second kappa shape index (κ2) is 5.61. The van der Waals surface area contributed by atoms with Crippen LogP contribution in [0.4, 0.5) is 10.5 Å². The summed E-state index contributed by atoms with van der Waals surface area (Å²) in [5.74, 6) is 0.0962. The van der Waals surface area contributed by atoms with Gasteiger partial charge in [-0.25, -0.2) is 4.79 Å². The molecule has 0 aliphatic carbocycles. The van der Waals surface area contributed by atoms with Crippen molar-refractivity contribution >= 4 is 11.7 Å². The first-order chi connectivity index (χ1) is 9.04. The van der Waals surface area contributed by atoms with Gasteiger partial charge in [-0.15, -0.1) is 0 Å². The van der Waals surface area contributed by atoms with E-state index in [4.69, 9.17) is 0 Å². The topological polar surface area (TPSA) is 43.8 Å². The first kappa shape index (κ1) is 13.9. The molecule has 104 valence electrons. The Balaban J connectivity index is 2.21. The summed E-state index contributed by atoms with van der Waals surface area (Å²) >= 11 is 0. The molecule has 1 heterocycles. The third-order valence-corrected chi connectivity index (χ3v) is 3.69. The molecule has 1 aromatic rings. The highest BCUT2D eigenvalue weighted by atomic mass is 16.3. The van der Waals surface area contributed by atoms with Gasteiger partial charge < -0.3 is 10.0 Å². The Morgan fingerprint density at radius 3 is 2.58 bits per heavy atom. The zero-order valence-electron chi connectivity index (χ0n) is 11.8. The van der Waals surface area contributed by atoms with Crippen LogP contribution in [0.1, 0.15) is 32.3 Å². The standard InChI is InChI=1S/C15H22N2O2/c1-11(2)16-7-8-17(15(16)19)14-6-4-5-13(9-14)12(3)10-18/h4-6,9,11-12,18H,7-8,10H2,1-3H3. The van der Waals surface area contributed by atoms with Crippen LogP contribution in [-0.4, -0.2) is 41.8 Å². The first-order valence-electron chi connectivity index (χ1n) is 6.83. The van der Waals surface area contributed by atoms with E-state index in [1.807, 2.05) is 54.8 Å². The van der Waals surface area contributed by atoms with Gasteiger partial charge in [-0.2, -0.15) is 0 Å². The molecule has 1 unspecified atom stereocenters. The highest BCUT2D eigenvalue weighted by Crippen LogP contribution is 2.25. The molecule has 4 nitrogen and oxygen atoms in total. The van der Waals surface area contributed by atoms with Crippen molar-refractivity contribution in [2.24, 2.45) is 0 Å². The van der Waals surface area contributed by atoms with Gasteiger partial charge >= 0.3 is 6.03 Å². The van der Waals surface area contributed by atoms with Crippen molar-refractivity contribution in [1.82, 2.24) is 4.90 Å². The number of nitrogens with zero attached hydrogens (tertiary/aromatic N) is 2. The van der Waals surface area contributed by atoms with Crippen molar-refractivity contribution in [3.05, 3.63) is 29.8 Å². The molecular weight excluding hydrogens is 240 g/mol. The Morgan fingerprint density at radius 1 is 1.26 bits per heavy atom. The maximum atomic E-state index is 12.3. The van der Waals surface area contributed by atoms with Crippen molar-refractivity contribution in [1.29, 1.82) is 0 Å². The number of rotatable bonds is 4. The molecule has 1 aromatic carbocycles. The Kier molecular flexibility index (Phi) is 4.10. The van der Waals surface area contributed by atoms with Crippen molar-refractivity contribution in [2.75, 3.05) is 24.6 Å². The second-order valence-electron chi connectivity index (χ2n) is 5.40. The number of hydrogen-bond acceptors (Lipinski definition) is 2. The van der Waals surface area contributed by atoms with Crippen molar-refractivity contribution in [2.45, 2.75) is 32.7 Å². The molecule has 0 saturated carbocycles. The molecule has 1 N–H and O–H groups in total. The number of urea groups is 1. The van der Waals surface area contributed by atoms with Crippen LogP contribution in [0.5, 0.6) is 0 Å². The van der Waals surface area contributed by atoms with Crippen molar-refractivity contribution < 1.29 is 9.90 Å². The minimum Gasteiger partial charge on any atom is -0.396 e. The van der Waals surface area contributed by atoms with Crippen LogP contribution < -0.4 is 4.90 Å². The van der Waals surface area contributed by atoms with Gasteiger partial charge in [0.1, 0.15) is 0 Å². The minimum absolute atomic E-state index is 0.0730. The highest BCUT2D eigenvalue weighted by molar-refractivity contribution is 5.94. The summed E-state index contributed by atoms with van der Waals surface area (Å²) in [6, 6.07) is 8.20. The van der Waals surface area contributed by atoms with Gasteiger partial charge in [0.2, 0.25) is 0 Å². The summed E-state index contributed by atoms with van der Waals surface area (Å²) in [5.41, 5.74) is 1.99. The van der Waals surface area contributed by atoms with E-state index in [9.17, 15) is 9.90 Å². The Morgan fingerprint density at radius 2 is 2.00 bits per heavy atom. The summed E-state index contributed by atoms with van der Waals surface area (Å²) in [6.45, 7) is 7.67. The summed E-state index contributed by atoms with van der Waals surface area (Å²) in [4.78, 5) is 16.0. The summed E-state index contributed by atoms with van der Waals surface area (Å²) in [6.07, 6.45) is 0. The van der Waals surface area contributed by atoms with Crippen LogP contribution >= 0.6 is 0 Å². The predicted molar refractivity (Wildman–Crippen MR) is 76.5 cm³/mol. The van der Waals surface area contributed by atoms with E-state index in [1.54, 1.807) is 0 Å². The van der Waals surface area contributed by atoms with E-state index in [0.29, 0.717) is 0 Å². The van der Waals surface area contributed by atoms with Crippen LogP contribution in [0.15, 0.2) is 24.3 Å². The van der Waals surface area contributed by atoms with Gasteiger partial charge in [0, 0.05) is 37.3 Å². The van der Waals surface area contributed by atoms with Crippen molar-refractivity contribution in [3.63, 3.8) is 0 Å². The van der Waals surface area contributed by atoms with Crippen LogP contribution in [0.3, 0.4) is 0 Å². The van der Waals surface area contributed by atoms with E-state index in [1.165, 1.54) is 0 Å². The molecule has 1 saturated heterocycles. The Hall–Kier alpha value is -1.55. The second-order valence-corrected chi connectivity index (χ2v) is 5.40. The van der Waals surface area contributed by atoms with Gasteiger partial charge in [-0.3, -0.25) is 4.90 Å². The molecule has 0 bridgehead atoms. The largest absolute Gasteiger partial charge is 0.396 e. The number of carbonyl (C=O) groups is 1. The number of benzene rings is 1. The Bertz CT molecular complexity index is 459. The molecule has 2 rings (SSSR count). The number of amides is 2. The predicted octanol–water partition coefficient (Wildman–Crippen LogP) is 2.43. The molecule has 0 spiro atoms. The molecule has 19 heavy (non-hydrogen) atoms. The van der Waals surface area contributed by atoms with E-state index < -0.39 is 0 Å². The lowest BCUT2D eigenvalue weighted by molar-refractivity contribution is 0.209. The van der Waals surface area contributed by atoms with Crippen LogP contribution in [0.25, 0.3) is 0 Å². The smallest absolute Gasteiger partial charge is 0.324 e. The fraction of sp³-hybridized carbons (Fsp3) is 0.533. The molecule has 1 aliphatic rings. The van der Waals surface area contributed by atoms with E-state index in [2.05, 4.69) is 0 Å². The summed E-state index contributed by atoms with van der Waals surface area (Å²) < 4.78 is 0. The minimum atomic E-state index is 0.0730. The number of aliphatic hydroxyl groups is 1. The molecule has 4 heteroatoms. The molecule has 0 aromatic heterocycles. The molecule has 1 atom stereocenters. The molecule has 1 aliphatic heterocycles. The number of carbonyl (C=O) groups excluding carboxylic acids is 1. The van der Waals surface area contributed by atoms with Crippen LogP contribution in [-0.2, 0) is 0 Å². The van der Waals surface area contributed by atoms with Gasteiger partial charge in [-0.1, -0.05) is 19.1 Å². The van der Waals surface area contributed by atoms with E-state index >= 15 is 0 Å². The molecule has 0 radical (unpaired) electrons. The van der Waals surface area contributed by atoms with Crippen molar-refractivity contribution in [3.8, 4) is 0 Å². The normalized spacial score (nSPS) is 17.4. The number of aliphatic hydroxyl groups excluding tert-OH is 1. The molecule has 1 fully saturated rings. The highest BCUT2D eigenvalue weighted by Gasteiger charge is 2.31. The van der Waals surface area contributed by atoms with E-state index in [0.717, 1.165) is 24.3 Å². The SMILES string of the molecule is CC(CO)c1cccc(N2CCN(C(C)C)C2=O)c1. The van der Waals surface area contributed by atoms with Gasteiger partial charge in [0.05, 0.1) is 0 Å². The lowest BCUT2D eigenvalue weighted by atomic mass is 10.0. The third kappa shape index (κ3) is 2.73. The number of anilines is 1. The number of hydrogen-bond donors (Lipinski definition) is 1. The maximum absolute atomic E-state index is 12.3. The monoisotopic (exact) mass is 262 g/mol. The molecular formula is C15H22N2O2. The van der Waals surface area contributed by atoms with Gasteiger partial charge in [-0.05, 0) is 31.5 Å². The maximum Gasteiger partial charge on any atom is 0.324 e. The summed E-state index contributed by atoms with van der Waals surface area (Å²) in [7, 11) is 0. The summed E-state index contributed by atoms with van der Waals surface area (Å²) in [5, 5.41) is 9.22. The van der Waals surface area contributed by atoms with Crippen LogP contribution in [0, 0.1) is 0 Å². The third-order valence-electron chi connectivity index (χ3n) is 3.69. The fourth-order valence-corrected chi connectivity index (χ4v) is 2.38. The lowest BCUT2D eigenvalue weighted by Crippen LogP contribution is -2.36. The fourth-order valence-electron chi connectivity index (χ4n) is 2.38. The average Bonchev–Trinajstić information content (AvgIpc) is 2.80. The quantitative estimate of drug-likeness (QED) is 0.905. The molecule has 2 amide bonds. The van der Waals surface area contributed by atoms with E-state index in [-0.39, 0.29) is 24.6 Å². The lowest BCUT2D eigenvalue weighted by Gasteiger charge is -2.22. The zero-order valence-corrected chi connectivity index (χ0v) is 11.8. The average molecular weight is 262 g/mol.